The van der Waals surface area contributed by atoms with Gasteiger partial charge in [-0.2, -0.15) is 0 Å². The third-order valence-electron chi connectivity index (χ3n) is 3.59. The van der Waals surface area contributed by atoms with Crippen LogP contribution < -0.4 is 10.2 Å². The van der Waals surface area contributed by atoms with Gasteiger partial charge >= 0.3 is 11.8 Å². The first-order valence-corrected chi connectivity index (χ1v) is 7.08. The Morgan fingerprint density at radius 2 is 1.68 bits per heavy atom. The number of piperazine rings is 1. The van der Waals surface area contributed by atoms with Gasteiger partial charge in [0.2, 0.25) is 6.41 Å². The molecular formula is C15H20N4O3. The molecule has 0 radical (unpaired) electrons. The largest absolute Gasteiger partial charge is 0.378 e. The van der Waals surface area contributed by atoms with Gasteiger partial charge in [0.05, 0.1) is 0 Å². The Balaban J connectivity index is 1.91. The lowest BCUT2D eigenvalue weighted by Crippen LogP contribution is -2.51. The summed E-state index contributed by atoms with van der Waals surface area (Å²) < 4.78 is 0. The molecule has 7 nitrogen and oxygen atoms in total. The molecule has 0 aromatic heterocycles. The van der Waals surface area contributed by atoms with E-state index >= 15 is 0 Å². The summed E-state index contributed by atoms with van der Waals surface area (Å²) in [6, 6.07) is 7.24. The fraction of sp³-hybridized carbons (Fsp3) is 0.400. The van der Waals surface area contributed by atoms with E-state index < -0.39 is 11.8 Å². The summed E-state index contributed by atoms with van der Waals surface area (Å²) in [4.78, 5) is 39.7. The van der Waals surface area contributed by atoms with Crippen LogP contribution in [-0.4, -0.2) is 68.3 Å². The summed E-state index contributed by atoms with van der Waals surface area (Å²) in [5.41, 5.74) is 1.59. The number of hydrogen-bond donors (Lipinski definition) is 1. The highest BCUT2D eigenvalue weighted by Gasteiger charge is 2.25. The van der Waals surface area contributed by atoms with Crippen LogP contribution in [0.3, 0.4) is 0 Å². The van der Waals surface area contributed by atoms with Crippen LogP contribution in [0.25, 0.3) is 0 Å². The standard InChI is InChI=1S/C15H20N4O3/c1-17(2)13-5-3-12(4-6-13)16-14(21)15(22)19-9-7-18(11-20)8-10-19/h3-6,11H,7-10H2,1-2H3,(H,16,21). The molecule has 3 amide bonds. The lowest BCUT2D eigenvalue weighted by atomic mass is 10.2. The molecule has 1 aliphatic rings. The molecule has 0 atom stereocenters. The number of nitrogens with zero attached hydrogens (tertiary/aromatic N) is 3. The van der Waals surface area contributed by atoms with Crippen molar-refractivity contribution < 1.29 is 14.4 Å². The van der Waals surface area contributed by atoms with Crippen LogP contribution in [-0.2, 0) is 14.4 Å². The van der Waals surface area contributed by atoms with Crippen molar-refractivity contribution in [1.29, 1.82) is 0 Å². The Hall–Kier alpha value is -2.57. The van der Waals surface area contributed by atoms with Crippen LogP contribution in [0.4, 0.5) is 11.4 Å². The molecule has 0 unspecified atom stereocenters. The minimum absolute atomic E-state index is 0.380. The van der Waals surface area contributed by atoms with E-state index in [1.165, 1.54) is 4.90 Å². The average Bonchev–Trinajstić information content (AvgIpc) is 2.54. The third kappa shape index (κ3) is 3.75. The molecule has 0 aliphatic carbocycles. The fourth-order valence-electron chi connectivity index (χ4n) is 2.20. The molecule has 0 spiro atoms. The predicted octanol–water partition coefficient (Wildman–Crippen LogP) is -0.00830. The van der Waals surface area contributed by atoms with Crippen LogP contribution in [0.15, 0.2) is 24.3 Å². The number of anilines is 2. The molecular weight excluding hydrogens is 284 g/mol. The molecule has 1 aliphatic heterocycles. The number of hydrogen-bond acceptors (Lipinski definition) is 4. The van der Waals surface area contributed by atoms with Crippen molar-refractivity contribution in [2.24, 2.45) is 0 Å². The first kappa shape index (κ1) is 15.8. The predicted molar refractivity (Wildman–Crippen MR) is 83.6 cm³/mol. The zero-order valence-corrected chi connectivity index (χ0v) is 12.8. The van der Waals surface area contributed by atoms with Crippen molar-refractivity contribution in [1.82, 2.24) is 9.80 Å². The molecule has 1 aromatic carbocycles. The van der Waals surface area contributed by atoms with E-state index in [-0.39, 0.29) is 0 Å². The number of rotatable bonds is 3. The topological polar surface area (TPSA) is 73.0 Å². The normalized spacial score (nSPS) is 14.5. The number of benzene rings is 1. The number of carbonyl (C=O) groups is 3. The summed E-state index contributed by atoms with van der Waals surface area (Å²) in [5.74, 6) is -1.22. The van der Waals surface area contributed by atoms with Crippen LogP contribution in [0.1, 0.15) is 0 Å². The Labute approximate surface area is 129 Å². The first-order chi connectivity index (χ1) is 10.5. The van der Waals surface area contributed by atoms with Crippen LogP contribution >= 0.6 is 0 Å². The van der Waals surface area contributed by atoms with Gasteiger partial charge in [-0.15, -0.1) is 0 Å². The van der Waals surface area contributed by atoms with Gasteiger partial charge < -0.3 is 20.0 Å². The van der Waals surface area contributed by atoms with E-state index in [1.807, 2.05) is 31.1 Å². The van der Waals surface area contributed by atoms with Crippen LogP contribution in [0.2, 0.25) is 0 Å². The lowest BCUT2D eigenvalue weighted by Gasteiger charge is -2.31. The molecule has 1 heterocycles. The van der Waals surface area contributed by atoms with Crippen molar-refractivity contribution in [2.45, 2.75) is 0 Å². The molecule has 0 bridgehead atoms. The summed E-state index contributed by atoms with van der Waals surface area (Å²) in [6.07, 6.45) is 0.758. The summed E-state index contributed by atoms with van der Waals surface area (Å²) in [5, 5.41) is 2.60. The SMILES string of the molecule is CN(C)c1ccc(NC(=O)C(=O)N2CCN(C=O)CC2)cc1. The Bertz CT molecular complexity index is 548. The fourth-order valence-corrected chi connectivity index (χ4v) is 2.20. The van der Waals surface area contributed by atoms with E-state index in [0.29, 0.717) is 31.9 Å². The second-order valence-corrected chi connectivity index (χ2v) is 5.33. The highest BCUT2D eigenvalue weighted by molar-refractivity contribution is 6.39. The van der Waals surface area contributed by atoms with Crippen LogP contribution in [0, 0.1) is 0 Å². The Morgan fingerprint density at radius 1 is 1.09 bits per heavy atom. The monoisotopic (exact) mass is 304 g/mol. The number of amides is 3. The zero-order valence-electron chi connectivity index (χ0n) is 12.8. The van der Waals surface area contributed by atoms with Gasteiger partial charge in [-0.05, 0) is 24.3 Å². The number of nitrogens with one attached hydrogen (secondary N) is 1. The molecule has 1 fully saturated rings. The van der Waals surface area contributed by atoms with E-state index in [0.717, 1.165) is 12.1 Å². The van der Waals surface area contributed by atoms with Crippen molar-refractivity contribution in [3.05, 3.63) is 24.3 Å². The van der Waals surface area contributed by atoms with Gasteiger partial charge in [0.25, 0.3) is 0 Å². The van der Waals surface area contributed by atoms with Crippen molar-refractivity contribution in [2.75, 3.05) is 50.5 Å². The van der Waals surface area contributed by atoms with Gasteiger partial charge in [0, 0.05) is 51.6 Å². The lowest BCUT2D eigenvalue weighted by molar-refractivity contribution is -0.144. The highest BCUT2D eigenvalue weighted by atomic mass is 16.2. The van der Waals surface area contributed by atoms with Gasteiger partial charge in [-0.1, -0.05) is 0 Å². The van der Waals surface area contributed by atoms with E-state index in [9.17, 15) is 14.4 Å². The summed E-state index contributed by atoms with van der Waals surface area (Å²) >= 11 is 0. The molecule has 7 heteroatoms. The Kier molecular flexibility index (Phi) is 4.98. The van der Waals surface area contributed by atoms with E-state index in [2.05, 4.69) is 5.32 Å². The minimum Gasteiger partial charge on any atom is -0.378 e. The third-order valence-corrected chi connectivity index (χ3v) is 3.59. The van der Waals surface area contributed by atoms with E-state index in [4.69, 9.17) is 0 Å². The van der Waals surface area contributed by atoms with Gasteiger partial charge in [0.1, 0.15) is 0 Å². The molecule has 1 saturated heterocycles. The Morgan fingerprint density at radius 3 is 2.18 bits per heavy atom. The van der Waals surface area contributed by atoms with Gasteiger partial charge in [-0.25, -0.2) is 0 Å². The van der Waals surface area contributed by atoms with Gasteiger partial charge in [-0.3, -0.25) is 14.4 Å². The zero-order chi connectivity index (χ0) is 16.1. The first-order valence-electron chi connectivity index (χ1n) is 7.08. The van der Waals surface area contributed by atoms with Crippen molar-refractivity contribution >= 4 is 29.6 Å². The smallest absolute Gasteiger partial charge is 0.313 e. The molecule has 2 rings (SSSR count). The van der Waals surface area contributed by atoms with Gasteiger partial charge in [0.15, 0.2) is 0 Å². The maximum Gasteiger partial charge on any atom is 0.313 e. The van der Waals surface area contributed by atoms with Crippen LogP contribution in [0.5, 0.6) is 0 Å². The van der Waals surface area contributed by atoms with Crippen molar-refractivity contribution in [3.63, 3.8) is 0 Å². The maximum atomic E-state index is 12.1. The second-order valence-electron chi connectivity index (χ2n) is 5.33. The summed E-state index contributed by atoms with van der Waals surface area (Å²) in [7, 11) is 3.85. The molecule has 1 aromatic rings. The minimum atomic E-state index is -0.655. The van der Waals surface area contributed by atoms with E-state index in [1.54, 1.807) is 17.0 Å². The molecule has 1 N–H and O–H groups in total. The number of carbonyl (C=O) groups excluding carboxylic acids is 3. The molecule has 22 heavy (non-hydrogen) atoms. The second kappa shape index (κ2) is 6.93. The molecule has 0 saturated carbocycles. The maximum absolute atomic E-state index is 12.1. The quantitative estimate of drug-likeness (QED) is 0.630. The average molecular weight is 304 g/mol. The highest BCUT2D eigenvalue weighted by Crippen LogP contribution is 2.15. The summed E-state index contributed by atoms with van der Waals surface area (Å²) in [6.45, 7) is 1.68. The molecule has 118 valence electrons. The van der Waals surface area contributed by atoms with Crippen molar-refractivity contribution in [3.8, 4) is 0 Å².